The van der Waals surface area contributed by atoms with Gasteiger partial charge in [0.1, 0.15) is 0 Å². The maximum Gasteiger partial charge on any atom is 0.460 e. The van der Waals surface area contributed by atoms with Gasteiger partial charge < -0.3 is 0 Å². The second kappa shape index (κ2) is 8.30. The summed E-state index contributed by atoms with van der Waals surface area (Å²) in [6.45, 7) is 2.20. The van der Waals surface area contributed by atoms with E-state index in [0.29, 0.717) is 35.1 Å². The van der Waals surface area contributed by atoms with Crippen molar-refractivity contribution in [3.05, 3.63) is 59.7 Å². The molecule has 32 heavy (non-hydrogen) atoms. The first kappa shape index (κ1) is 24.5. The molecule has 0 aromatic heterocycles. The van der Waals surface area contributed by atoms with E-state index in [1.165, 1.54) is 0 Å². The molecule has 0 amide bonds. The molecule has 0 aliphatic heterocycles. The maximum atomic E-state index is 14.1. The lowest BCUT2D eigenvalue weighted by molar-refractivity contribution is -0.399. The van der Waals surface area contributed by atoms with Crippen LogP contribution in [0.25, 0.3) is 11.1 Å². The van der Waals surface area contributed by atoms with Crippen molar-refractivity contribution in [3.63, 3.8) is 0 Å². The topological polar surface area (TPSA) is 0 Å². The number of halogens is 9. The number of hydrogen-bond donors (Lipinski definition) is 0. The van der Waals surface area contributed by atoms with Gasteiger partial charge in [-0.15, -0.1) is 0 Å². The molecular formula is C23H21F9. The van der Waals surface area contributed by atoms with Crippen LogP contribution in [-0.4, -0.2) is 18.0 Å². The third-order valence-electron chi connectivity index (χ3n) is 6.12. The van der Waals surface area contributed by atoms with E-state index < -0.39 is 29.5 Å². The summed E-state index contributed by atoms with van der Waals surface area (Å²) in [5.74, 6) is -18.2. The lowest BCUT2D eigenvalue weighted by Crippen LogP contribution is -2.59. The predicted molar refractivity (Wildman–Crippen MR) is 102 cm³/mol. The Morgan fingerprint density at radius 1 is 0.594 bits per heavy atom. The second-order valence-corrected chi connectivity index (χ2v) is 8.38. The van der Waals surface area contributed by atoms with E-state index in [4.69, 9.17) is 0 Å². The van der Waals surface area contributed by atoms with Crippen molar-refractivity contribution in [1.29, 1.82) is 0 Å². The van der Waals surface area contributed by atoms with Crippen molar-refractivity contribution >= 4 is 0 Å². The molecule has 0 bridgehead atoms. The minimum atomic E-state index is -6.91. The largest absolute Gasteiger partial charge is 0.460 e. The number of benzene rings is 2. The van der Waals surface area contributed by atoms with Crippen LogP contribution >= 0.6 is 0 Å². The molecule has 1 aliphatic rings. The molecule has 0 nitrogen and oxygen atoms in total. The normalized spacial score (nSPS) is 20.9. The average molecular weight is 468 g/mol. The van der Waals surface area contributed by atoms with Crippen molar-refractivity contribution in [2.24, 2.45) is 5.92 Å². The minimum Gasteiger partial charge on any atom is -0.194 e. The van der Waals surface area contributed by atoms with Crippen LogP contribution in [0.5, 0.6) is 0 Å². The highest BCUT2D eigenvalue weighted by Gasteiger charge is 2.81. The zero-order valence-corrected chi connectivity index (χ0v) is 17.0. The Morgan fingerprint density at radius 2 is 1.03 bits per heavy atom. The highest BCUT2D eigenvalue weighted by atomic mass is 19.4. The highest BCUT2D eigenvalue weighted by molar-refractivity contribution is 5.64. The van der Waals surface area contributed by atoms with E-state index >= 15 is 0 Å². The van der Waals surface area contributed by atoms with E-state index in [-0.39, 0.29) is 0 Å². The van der Waals surface area contributed by atoms with Gasteiger partial charge >= 0.3 is 23.9 Å². The lowest BCUT2D eigenvalue weighted by Gasteiger charge is -2.33. The summed E-state index contributed by atoms with van der Waals surface area (Å²) in [7, 11) is 0. The molecule has 176 valence electrons. The SMILES string of the molecule is CC1CCC(c2ccc(-c3ccc(C(F)(F)C(F)(F)C(F)(F)C(F)(F)F)cc3)cc2)CC1. The van der Waals surface area contributed by atoms with Gasteiger partial charge in [-0.3, -0.25) is 0 Å². The number of hydrogen-bond acceptors (Lipinski definition) is 0. The summed E-state index contributed by atoms with van der Waals surface area (Å²) in [6, 6.07) is 10.1. The first-order valence-corrected chi connectivity index (χ1v) is 10.1. The van der Waals surface area contributed by atoms with Crippen LogP contribution < -0.4 is 0 Å². The minimum absolute atomic E-state index is 0.333. The third-order valence-corrected chi connectivity index (χ3v) is 6.12. The van der Waals surface area contributed by atoms with Crippen LogP contribution in [0, 0.1) is 5.92 Å². The third kappa shape index (κ3) is 4.22. The second-order valence-electron chi connectivity index (χ2n) is 8.38. The Labute approximate surface area is 179 Å². The van der Waals surface area contributed by atoms with Crippen molar-refractivity contribution in [3.8, 4) is 11.1 Å². The molecule has 0 unspecified atom stereocenters. The zero-order chi connectivity index (χ0) is 23.9. The molecule has 1 fully saturated rings. The summed E-state index contributed by atoms with van der Waals surface area (Å²) in [6.07, 6.45) is -2.47. The molecular weight excluding hydrogens is 447 g/mol. The van der Waals surface area contributed by atoms with Gasteiger partial charge in [0.05, 0.1) is 0 Å². The fourth-order valence-electron chi connectivity index (χ4n) is 3.97. The molecule has 0 N–H and O–H groups in total. The Balaban J connectivity index is 1.81. The van der Waals surface area contributed by atoms with Crippen molar-refractivity contribution < 1.29 is 39.5 Å². The molecule has 9 heteroatoms. The number of alkyl halides is 9. The summed E-state index contributed by atoms with van der Waals surface area (Å²) in [5, 5.41) is 0. The molecule has 1 saturated carbocycles. The Kier molecular flexibility index (Phi) is 6.34. The molecule has 0 atom stereocenters. The standard InChI is InChI=1S/C23H21F9/c1-14-2-4-15(5-3-14)16-6-8-17(9-7-16)18-10-12-19(13-11-18)20(24,25)21(26,27)22(28,29)23(30,31)32/h6-15H,2-5H2,1H3. The van der Waals surface area contributed by atoms with Crippen molar-refractivity contribution in [2.45, 2.75) is 62.5 Å². The number of rotatable bonds is 5. The molecule has 0 radical (unpaired) electrons. The first-order valence-electron chi connectivity index (χ1n) is 10.1. The average Bonchev–Trinajstić information content (AvgIpc) is 2.73. The molecule has 3 rings (SSSR count). The highest BCUT2D eigenvalue weighted by Crippen LogP contribution is 2.56. The van der Waals surface area contributed by atoms with Gasteiger partial charge in [-0.05, 0) is 41.4 Å². The first-order chi connectivity index (χ1) is 14.7. The quantitative estimate of drug-likeness (QED) is 0.386. The Morgan fingerprint density at radius 3 is 1.47 bits per heavy atom. The van der Waals surface area contributed by atoms with E-state index in [9.17, 15) is 39.5 Å². The van der Waals surface area contributed by atoms with Crippen LogP contribution in [0.2, 0.25) is 0 Å². The van der Waals surface area contributed by atoms with Gasteiger partial charge in [0, 0.05) is 5.56 Å². The van der Waals surface area contributed by atoms with Gasteiger partial charge in [0.2, 0.25) is 0 Å². The van der Waals surface area contributed by atoms with E-state index in [1.54, 1.807) is 12.1 Å². The van der Waals surface area contributed by atoms with E-state index in [0.717, 1.165) is 43.4 Å². The van der Waals surface area contributed by atoms with Crippen LogP contribution in [0.4, 0.5) is 39.5 Å². The van der Waals surface area contributed by atoms with Gasteiger partial charge in [0.15, 0.2) is 0 Å². The maximum absolute atomic E-state index is 14.1. The van der Waals surface area contributed by atoms with Crippen LogP contribution in [0.1, 0.15) is 49.7 Å². The molecule has 2 aromatic rings. The Bertz CT molecular complexity index is 904. The lowest BCUT2D eigenvalue weighted by atomic mass is 9.79. The molecule has 0 spiro atoms. The Hall–Kier alpha value is -2.19. The van der Waals surface area contributed by atoms with Gasteiger partial charge in [0.25, 0.3) is 0 Å². The van der Waals surface area contributed by atoms with Crippen molar-refractivity contribution in [2.75, 3.05) is 0 Å². The molecule has 2 aromatic carbocycles. The molecule has 1 aliphatic carbocycles. The molecule has 0 heterocycles. The van der Waals surface area contributed by atoms with E-state index in [1.807, 2.05) is 12.1 Å². The van der Waals surface area contributed by atoms with Crippen molar-refractivity contribution in [1.82, 2.24) is 0 Å². The van der Waals surface area contributed by atoms with Gasteiger partial charge in [-0.25, -0.2) is 0 Å². The van der Waals surface area contributed by atoms with Crippen LogP contribution in [0.3, 0.4) is 0 Å². The van der Waals surface area contributed by atoms with E-state index in [2.05, 4.69) is 6.92 Å². The summed E-state index contributed by atoms with van der Waals surface area (Å²) in [4.78, 5) is 0. The monoisotopic (exact) mass is 468 g/mol. The van der Waals surface area contributed by atoms with Gasteiger partial charge in [-0.1, -0.05) is 68.3 Å². The smallest absolute Gasteiger partial charge is 0.194 e. The van der Waals surface area contributed by atoms with Crippen LogP contribution in [0.15, 0.2) is 48.5 Å². The zero-order valence-electron chi connectivity index (χ0n) is 17.0. The summed E-state index contributed by atoms with van der Waals surface area (Å²) >= 11 is 0. The summed E-state index contributed by atoms with van der Waals surface area (Å²) in [5.41, 5.74) is 0.389. The molecule has 0 saturated heterocycles. The summed E-state index contributed by atoms with van der Waals surface area (Å²) < 4.78 is 118. The fourth-order valence-corrected chi connectivity index (χ4v) is 3.97. The fraction of sp³-hybridized carbons (Fsp3) is 0.478. The van der Waals surface area contributed by atoms with Gasteiger partial charge in [-0.2, -0.15) is 39.5 Å². The van der Waals surface area contributed by atoms with Crippen LogP contribution in [-0.2, 0) is 5.92 Å². The predicted octanol–water partition coefficient (Wildman–Crippen LogP) is 8.57.